The van der Waals surface area contributed by atoms with Gasteiger partial charge in [0.15, 0.2) is 11.5 Å². The summed E-state index contributed by atoms with van der Waals surface area (Å²) in [6, 6.07) is 19.0. The molecule has 1 N–H and O–H groups in total. The highest BCUT2D eigenvalue weighted by Gasteiger charge is 2.11. The van der Waals surface area contributed by atoms with Gasteiger partial charge < -0.3 is 19.2 Å². The molecule has 0 saturated carbocycles. The minimum atomic E-state index is -0.332. The molecule has 0 aliphatic carbocycles. The molecule has 27 heavy (non-hydrogen) atoms. The number of rotatable bonds is 5. The summed E-state index contributed by atoms with van der Waals surface area (Å²) in [7, 11) is 3.14. The van der Waals surface area contributed by atoms with Gasteiger partial charge >= 0.3 is 5.97 Å². The smallest absolute Gasteiger partial charge is 0.315 e. The number of aromatic nitrogens is 1. The number of para-hydroxylation sites is 1. The zero-order chi connectivity index (χ0) is 18.8. The monoisotopic (exact) mass is 361 g/mol. The summed E-state index contributed by atoms with van der Waals surface area (Å²) in [5, 5.41) is 2.13. The number of H-pyrrole nitrogens is 1. The average Bonchev–Trinajstić information content (AvgIpc) is 3.06. The van der Waals surface area contributed by atoms with Gasteiger partial charge in [-0.1, -0.05) is 24.3 Å². The second-order valence-electron chi connectivity index (χ2n) is 6.22. The number of benzene rings is 3. The fraction of sp³-hybridized carbons (Fsp3) is 0.136. The van der Waals surface area contributed by atoms with Crippen LogP contribution in [0.3, 0.4) is 0 Å². The molecule has 5 heteroatoms. The minimum absolute atomic E-state index is 0.145. The minimum Gasteiger partial charge on any atom is -0.493 e. The quantitative estimate of drug-likeness (QED) is 0.420. The molecule has 3 aromatic carbocycles. The number of fused-ring (bicyclic) bond motifs is 3. The first-order valence-corrected chi connectivity index (χ1v) is 8.60. The van der Waals surface area contributed by atoms with Gasteiger partial charge in [0.1, 0.15) is 5.75 Å². The van der Waals surface area contributed by atoms with Crippen molar-refractivity contribution in [1.82, 2.24) is 4.98 Å². The van der Waals surface area contributed by atoms with Crippen molar-refractivity contribution in [2.45, 2.75) is 6.42 Å². The summed E-state index contributed by atoms with van der Waals surface area (Å²) >= 11 is 0. The molecule has 5 nitrogen and oxygen atoms in total. The van der Waals surface area contributed by atoms with Gasteiger partial charge in [-0.05, 0) is 42.0 Å². The molecule has 0 spiro atoms. The SMILES string of the molecule is COc1ccc(CC(=O)Oc2ccc3[nH]c4ccccc4c3c2)cc1OC. The molecule has 0 aliphatic heterocycles. The first kappa shape index (κ1) is 17.0. The van der Waals surface area contributed by atoms with Crippen molar-refractivity contribution in [1.29, 1.82) is 0 Å². The Labute approximate surface area is 156 Å². The van der Waals surface area contributed by atoms with Gasteiger partial charge in [0.2, 0.25) is 0 Å². The predicted molar refractivity (Wildman–Crippen MR) is 105 cm³/mol. The van der Waals surface area contributed by atoms with Gasteiger partial charge in [-0.25, -0.2) is 0 Å². The van der Waals surface area contributed by atoms with Gasteiger partial charge in [0.25, 0.3) is 0 Å². The third kappa shape index (κ3) is 3.31. The van der Waals surface area contributed by atoms with Crippen LogP contribution in [0.15, 0.2) is 60.7 Å². The topological polar surface area (TPSA) is 60.5 Å². The predicted octanol–water partition coefficient (Wildman–Crippen LogP) is 4.49. The molecular weight excluding hydrogens is 342 g/mol. The van der Waals surface area contributed by atoms with E-state index in [0.717, 1.165) is 27.4 Å². The highest BCUT2D eigenvalue weighted by Crippen LogP contribution is 2.30. The molecule has 0 unspecified atom stereocenters. The van der Waals surface area contributed by atoms with Gasteiger partial charge in [0.05, 0.1) is 20.6 Å². The number of hydrogen-bond acceptors (Lipinski definition) is 4. The summed E-state index contributed by atoms with van der Waals surface area (Å²) in [6.07, 6.45) is 0.145. The van der Waals surface area contributed by atoms with E-state index in [2.05, 4.69) is 4.98 Å². The number of methoxy groups -OCH3 is 2. The molecule has 0 saturated heterocycles. The van der Waals surface area contributed by atoms with E-state index in [1.165, 1.54) is 0 Å². The summed E-state index contributed by atoms with van der Waals surface area (Å²) in [5.74, 6) is 1.40. The van der Waals surface area contributed by atoms with Crippen LogP contribution in [-0.4, -0.2) is 25.2 Å². The Morgan fingerprint density at radius 2 is 1.63 bits per heavy atom. The molecule has 4 rings (SSSR count). The van der Waals surface area contributed by atoms with Crippen molar-refractivity contribution in [3.05, 3.63) is 66.2 Å². The van der Waals surface area contributed by atoms with E-state index in [-0.39, 0.29) is 12.4 Å². The molecule has 1 heterocycles. The molecule has 0 fully saturated rings. The van der Waals surface area contributed by atoms with Crippen LogP contribution < -0.4 is 14.2 Å². The average molecular weight is 361 g/mol. The van der Waals surface area contributed by atoms with E-state index >= 15 is 0 Å². The lowest BCUT2D eigenvalue weighted by Crippen LogP contribution is -2.11. The molecular formula is C22H19NO4. The molecule has 0 bridgehead atoms. The number of esters is 1. The number of carbonyl (C=O) groups is 1. The Morgan fingerprint density at radius 3 is 2.44 bits per heavy atom. The second-order valence-corrected chi connectivity index (χ2v) is 6.22. The maximum absolute atomic E-state index is 12.4. The van der Waals surface area contributed by atoms with Crippen molar-refractivity contribution in [2.24, 2.45) is 0 Å². The molecule has 1 aromatic heterocycles. The lowest BCUT2D eigenvalue weighted by Gasteiger charge is -2.09. The first-order chi connectivity index (χ1) is 13.2. The lowest BCUT2D eigenvalue weighted by atomic mass is 10.1. The van der Waals surface area contributed by atoms with Crippen LogP contribution in [0.25, 0.3) is 21.8 Å². The summed E-state index contributed by atoms with van der Waals surface area (Å²) in [6.45, 7) is 0. The van der Waals surface area contributed by atoms with Gasteiger partial charge in [-0.15, -0.1) is 0 Å². The van der Waals surface area contributed by atoms with E-state index < -0.39 is 0 Å². The zero-order valence-electron chi connectivity index (χ0n) is 15.1. The van der Waals surface area contributed by atoms with E-state index in [9.17, 15) is 4.79 Å². The third-order valence-corrected chi connectivity index (χ3v) is 4.51. The summed E-state index contributed by atoms with van der Waals surface area (Å²) < 4.78 is 16.0. The van der Waals surface area contributed by atoms with Crippen LogP contribution in [0, 0.1) is 0 Å². The van der Waals surface area contributed by atoms with Crippen molar-refractivity contribution >= 4 is 27.8 Å². The lowest BCUT2D eigenvalue weighted by molar-refractivity contribution is -0.133. The Kier molecular flexibility index (Phi) is 4.42. The Balaban J connectivity index is 1.55. The standard InChI is InChI=1S/C22H19NO4/c1-25-20-10-7-14(11-21(20)26-2)12-22(24)27-15-8-9-19-17(13-15)16-5-3-4-6-18(16)23-19/h3-11,13,23H,12H2,1-2H3. The van der Waals surface area contributed by atoms with Crippen molar-refractivity contribution in [3.63, 3.8) is 0 Å². The largest absolute Gasteiger partial charge is 0.493 e. The molecule has 0 atom stereocenters. The van der Waals surface area contributed by atoms with E-state index in [1.807, 2.05) is 42.5 Å². The van der Waals surface area contributed by atoms with Crippen LogP contribution in [0.1, 0.15) is 5.56 Å². The van der Waals surface area contributed by atoms with Crippen molar-refractivity contribution in [2.75, 3.05) is 14.2 Å². The molecule has 136 valence electrons. The van der Waals surface area contributed by atoms with Crippen LogP contribution in [0.5, 0.6) is 17.2 Å². The molecule has 0 amide bonds. The van der Waals surface area contributed by atoms with Crippen molar-refractivity contribution < 1.29 is 19.0 Å². The van der Waals surface area contributed by atoms with Gasteiger partial charge in [0, 0.05) is 21.8 Å². The Hall–Kier alpha value is -3.47. The van der Waals surface area contributed by atoms with Crippen LogP contribution in [-0.2, 0) is 11.2 Å². The molecule has 0 aliphatic rings. The number of hydrogen-bond donors (Lipinski definition) is 1. The third-order valence-electron chi connectivity index (χ3n) is 4.51. The maximum Gasteiger partial charge on any atom is 0.315 e. The van der Waals surface area contributed by atoms with Crippen LogP contribution in [0.2, 0.25) is 0 Å². The Bertz CT molecular complexity index is 1130. The zero-order valence-corrected chi connectivity index (χ0v) is 15.1. The van der Waals surface area contributed by atoms with Crippen LogP contribution in [0.4, 0.5) is 0 Å². The van der Waals surface area contributed by atoms with Crippen LogP contribution >= 0.6 is 0 Å². The Morgan fingerprint density at radius 1 is 0.852 bits per heavy atom. The molecule has 4 aromatic rings. The van der Waals surface area contributed by atoms with Gasteiger partial charge in [-0.3, -0.25) is 4.79 Å². The highest BCUT2D eigenvalue weighted by atomic mass is 16.5. The maximum atomic E-state index is 12.4. The summed E-state index contributed by atoms with van der Waals surface area (Å²) in [4.78, 5) is 15.7. The first-order valence-electron chi connectivity index (χ1n) is 8.60. The van der Waals surface area contributed by atoms with Gasteiger partial charge in [-0.2, -0.15) is 0 Å². The normalized spacial score (nSPS) is 10.9. The highest BCUT2D eigenvalue weighted by molar-refractivity contribution is 6.07. The van der Waals surface area contributed by atoms with E-state index in [0.29, 0.717) is 17.2 Å². The van der Waals surface area contributed by atoms with E-state index in [1.54, 1.807) is 32.4 Å². The second kappa shape index (κ2) is 7.03. The fourth-order valence-corrected chi connectivity index (χ4v) is 3.22. The fourth-order valence-electron chi connectivity index (χ4n) is 3.22. The summed E-state index contributed by atoms with van der Waals surface area (Å²) in [5.41, 5.74) is 2.86. The van der Waals surface area contributed by atoms with Crippen molar-refractivity contribution in [3.8, 4) is 17.2 Å². The van der Waals surface area contributed by atoms with E-state index in [4.69, 9.17) is 14.2 Å². The number of aromatic amines is 1. The molecule has 0 radical (unpaired) electrons. The number of ether oxygens (including phenoxy) is 3. The number of carbonyl (C=O) groups excluding carboxylic acids is 1. The number of nitrogens with one attached hydrogen (secondary N) is 1.